The molecule has 1 unspecified atom stereocenters. The van der Waals surface area contributed by atoms with Crippen molar-refractivity contribution >= 4 is 27.5 Å². The van der Waals surface area contributed by atoms with E-state index >= 15 is 0 Å². The number of carbonyl (C=O) groups is 1. The lowest BCUT2D eigenvalue weighted by Gasteiger charge is -2.23. The molecule has 1 heterocycles. The van der Waals surface area contributed by atoms with Crippen LogP contribution in [0.2, 0.25) is 0 Å². The van der Waals surface area contributed by atoms with Crippen LogP contribution in [-0.2, 0) is 11.2 Å². The number of hydrogen-bond acceptors (Lipinski definition) is 7. The zero-order chi connectivity index (χ0) is 23.5. The molecule has 0 saturated heterocycles. The standard InChI is InChI=1S/C24H31BrN2O6/c25-17-3-5-19(6-4-17)31-13-2-1-11-26-15-18(29)16-33-21-8-9-22(32-14-12-28)24-20(21)7-10-23(30)27-24/h3-6,8-9,18,26,28-29H,1-2,7,10-16H2,(H,27,30). The van der Waals surface area contributed by atoms with Gasteiger partial charge in [-0.3, -0.25) is 4.79 Å². The van der Waals surface area contributed by atoms with Crippen LogP contribution in [-0.4, -0.2) is 61.7 Å². The van der Waals surface area contributed by atoms with Crippen molar-refractivity contribution in [1.82, 2.24) is 5.32 Å². The van der Waals surface area contributed by atoms with Gasteiger partial charge in [0.15, 0.2) is 0 Å². The Morgan fingerprint density at radius 2 is 1.79 bits per heavy atom. The number of aliphatic hydroxyl groups is 2. The number of fused-ring (bicyclic) bond motifs is 1. The van der Waals surface area contributed by atoms with Gasteiger partial charge in [0, 0.05) is 23.0 Å². The molecule has 1 aliphatic rings. The van der Waals surface area contributed by atoms with E-state index in [1.54, 1.807) is 12.1 Å². The zero-order valence-electron chi connectivity index (χ0n) is 18.5. The summed E-state index contributed by atoms with van der Waals surface area (Å²) in [5.41, 5.74) is 1.42. The van der Waals surface area contributed by atoms with Crippen molar-refractivity contribution in [2.24, 2.45) is 0 Å². The molecule has 0 saturated carbocycles. The molecule has 0 bridgehead atoms. The molecule has 1 amide bonds. The van der Waals surface area contributed by atoms with Gasteiger partial charge in [0.2, 0.25) is 5.91 Å². The molecule has 1 atom stereocenters. The third-order valence-corrected chi connectivity index (χ3v) is 5.62. The molecule has 2 aromatic rings. The molecule has 0 spiro atoms. The highest BCUT2D eigenvalue weighted by atomic mass is 79.9. The molecule has 2 aromatic carbocycles. The fourth-order valence-electron chi connectivity index (χ4n) is 3.43. The highest BCUT2D eigenvalue weighted by Crippen LogP contribution is 2.38. The maximum absolute atomic E-state index is 11.8. The topological polar surface area (TPSA) is 109 Å². The second-order valence-electron chi connectivity index (χ2n) is 7.71. The van der Waals surface area contributed by atoms with Crippen LogP contribution in [0.4, 0.5) is 5.69 Å². The molecule has 180 valence electrons. The SMILES string of the molecule is O=C1CCc2c(OCC(O)CNCCCCOc3ccc(Br)cc3)ccc(OCCO)c2N1. The maximum Gasteiger partial charge on any atom is 0.224 e. The second-order valence-corrected chi connectivity index (χ2v) is 8.63. The molecule has 0 aromatic heterocycles. The number of rotatable bonds is 14. The highest BCUT2D eigenvalue weighted by molar-refractivity contribution is 9.10. The molecular formula is C24H31BrN2O6. The predicted octanol–water partition coefficient (Wildman–Crippen LogP) is 2.89. The number of benzene rings is 2. The summed E-state index contributed by atoms with van der Waals surface area (Å²) in [6, 6.07) is 11.2. The summed E-state index contributed by atoms with van der Waals surface area (Å²) in [7, 11) is 0. The lowest BCUT2D eigenvalue weighted by Crippen LogP contribution is -2.32. The Hall–Kier alpha value is -2.33. The third kappa shape index (κ3) is 8.19. The minimum atomic E-state index is -0.664. The van der Waals surface area contributed by atoms with E-state index < -0.39 is 6.10 Å². The molecule has 0 radical (unpaired) electrons. The number of unbranched alkanes of at least 4 members (excludes halogenated alkanes) is 1. The molecule has 9 heteroatoms. The first-order chi connectivity index (χ1) is 16.1. The summed E-state index contributed by atoms with van der Waals surface area (Å²) in [5, 5.41) is 25.3. The Kier molecular flexibility index (Phi) is 10.3. The molecule has 0 fully saturated rings. The van der Waals surface area contributed by atoms with Gasteiger partial charge in [-0.25, -0.2) is 0 Å². The van der Waals surface area contributed by atoms with Crippen molar-refractivity contribution in [2.75, 3.05) is 44.8 Å². The Bertz CT molecular complexity index is 893. The minimum absolute atomic E-state index is 0.0834. The number of nitrogens with one attached hydrogen (secondary N) is 2. The largest absolute Gasteiger partial charge is 0.494 e. The van der Waals surface area contributed by atoms with E-state index in [0.29, 0.717) is 43.2 Å². The van der Waals surface area contributed by atoms with E-state index in [1.165, 1.54) is 0 Å². The van der Waals surface area contributed by atoms with E-state index in [-0.39, 0.29) is 25.7 Å². The highest BCUT2D eigenvalue weighted by Gasteiger charge is 2.23. The first-order valence-corrected chi connectivity index (χ1v) is 12.0. The number of carbonyl (C=O) groups excluding carboxylic acids is 1. The fourth-order valence-corrected chi connectivity index (χ4v) is 3.69. The van der Waals surface area contributed by atoms with Gasteiger partial charge in [-0.15, -0.1) is 0 Å². The normalized spacial score (nSPS) is 13.7. The number of halogens is 1. The van der Waals surface area contributed by atoms with E-state index in [2.05, 4.69) is 26.6 Å². The predicted molar refractivity (Wildman–Crippen MR) is 129 cm³/mol. The first-order valence-electron chi connectivity index (χ1n) is 11.2. The summed E-state index contributed by atoms with van der Waals surface area (Å²) in [5.74, 6) is 1.89. The van der Waals surface area contributed by atoms with Gasteiger partial charge in [0.25, 0.3) is 0 Å². The average Bonchev–Trinajstić information content (AvgIpc) is 2.82. The van der Waals surface area contributed by atoms with Gasteiger partial charge < -0.3 is 35.1 Å². The molecule has 8 nitrogen and oxygen atoms in total. The second kappa shape index (κ2) is 13.4. The van der Waals surface area contributed by atoms with Crippen LogP contribution in [0.25, 0.3) is 0 Å². The minimum Gasteiger partial charge on any atom is -0.494 e. The smallest absolute Gasteiger partial charge is 0.224 e. The van der Waals surface area contributed by atoms with Crippen molar-refractivity contribution in [2.45, 2.75) is 31.8 Å². The van der Waals surface area contributed by atoms with Crippen LogP contribution in [0.1, 0.15) is 24.8 Å². The maximum atomic E-state index is 11.8. The van der Waals surface area contributed by atoms with E-state index in [4.69, 9.17) is 19.3 Å². The number of amides is 1. The summed E-state index contributed by atoms with van der Waals surface area (Å²) in [6.45, 7) is 2.01. The number of ether oxygens (including phenoxy) is 3. The van der Waals surface area contributed by atoms with Crippen LogP contribution in [0, 0.1) is 0 Å². The molecule has 4 N–H and O–H groups in total. The van der Waals surface area contributed by atoms with Crippen molar-refractivity contribution < 1.29 is 29.2 Å². The molecular weight excluding hydrogens is 492 g/mol. The van der Waals surface area contributed by atoms with Crippen molar-refractivity contribution in [3.05, 3.63) is 46.4 Å². The van der Waals surface area contributed by atoms with Crippen molar-refractivity contribution in [3.63, 3.8) is 0 Å². The number of hydrogen-bond donors (Lipinski definition) is 4. The Morgan fingerprint density at radius 1 is 1.00 bits per heavy atom. The van der Waals surface area contributed by atoms with Crippen LogP contribution in [0.3, 0.4) is 0 Å². The van der Waals surface area contributed by atoms with Gasteiger partial charge in [-0.2, -0.15) is 0 Å². The van der Waals surface area contributed by atoms with E-state index in [0.717, 1.165) is 35.2 Å². The van der Waals surface area contributed by atoms with Gasteiger partial charge in [-0.05, 0) is 62.2 Å². The molecule has 0 aliphatic carbocycles. The van der Waals surface area contributed by atoms with Crippen LogP contribution >= 0.6 is 15.9 Å². The van der Waals surface area contributed by atoms with Crippen molar-refractivity contribution in [1.29, 1.82) is 0 Å². The third-order valence-electron chi connectivity index (χ3n) is 5.09. The molecule has 3 rings (SSSR count). The molecule has 33 heavy (non-hydrogen) atoms. The van der Waals surface area contributed by atoms with Gasteiger partial charge >= 0.3 is 0 Å². The summed E-state index contributed by atoms with van der Waals surface area (Å²) in [4.78, 5) is 11.8. The fraction of sp³-hybridized carbons (Fsp3) is 0.458. The summed E-state index contributed by atoms with van der Waals surface area (Å²) < 4.78 is 18.1. The Morgan fingerprint density at radius 3 is 2.58 bits per heavy atom. The number of aliphatic hydroxyl groups excluding tert-OH is 2. The van der Waals surface area contributed by atoms with Gasteiger partial charge in [-0.1, -0.05) is 15.9 Å². The van der Waals surface area contributed by atoms with Crippen LogP contribution in [0.5, 0.6) is 17.2 Å². The van der Waals surface area contributed by atoms with Crippen molar-refractivity contribution in [3.8, 4) is 17.2 Å². The monoisotopic (exact) mass is 522 g/mol. The quantitative estimate of drug-likeness (QED) is 0.282. The lowest BCUT2D eigenvalue weighted by molar-refractivity contribution is -0.116. The van der Waals surface area contributed by atoms with Gasteiger partial charge in [0.1, 0.15) is 36.6 Å². The first kappa shape index (κ1) is 25.3. The number of anilines is 1. The summed E-state index contributed by atoms with van der Waals surface area (Å²) in [6.07, 6.45) is 2.08. The van der Waals surface area contributed by atoms with Crippen LogP contribution in [0.15, 0.2) is 40.9 Å². The van der Waals surface area contributed by atoms with Crippen LogP contribution < -0.4 is 24.8 Å². The summed E-state index contributed by atoms with van der Waals surface area (Å²) >= 11 is 3.40. The van der Waals surface area contributed by atoms with E-state index in [1.807, 2.05) is 24.3 Å². The zero-order valence-corrected chi connectivity index (χ0v) is 20.1. The molecule has 1 aliphatic heterocycles. The lowest BCUT2D eigenvalue weighted by atomic mass is 10.0. The van der Waals surface area contributed by atoms with Gasteiger partial charge in [0.05, 0.1) is 18.9 Å². The Balaban J connectivity index is 1.35. The Labute approximate surface area is 202 Å². The van der Waals surface area contributed by atoms with E-state index in [9.17, 15) is 9.90 Å². The average molecular weight is 523 g/mol.